The van der Waals surface area contributed by atoms with Crippen LogP contribution in [0, 0.1) is 11.8 Å². The van der Waals surface area contributed by atoms with Gasteiger partial charge in [0.25, 0.3) is 0 Å². The number of pyridine rings is 1. The fourth-order valence-corrected chi connectivity index (χ4v) is 6.31. The summed E-state index contributed by atoms with van der Waals surface area (Å²) in [6.45, 7) is 7.71. The predicted octanol–water partition coefficient (Wildman–Crippen LogP) is 4.64. The van der Waals surface area contributed by atoms with E-state index in [9.17, 15) is 8.42 Å². The largest absolute Gasteiger partial charge is 0.357 e. The first kappa shape index (κ1) is 19.9. The maximum absolute atomic E-state index is 12.5. The zero-order chi connectivity index (χ0) is 19.9. The molecule has 4 nitrogen and oxygen atoms in total. The van der Waals surface area contributed by atoms with E-state index in [0.717, 1.165) is 56.7 Å². The molecule has 0 spiro atoms. The van der Waals surface area contributed by atoms with Gasteiger partial charge in [-0.05, 0) is 95.3 Å². The van der Waals surface area contributed by atoms with Gasteiger partial charge in [0.1, 0.15) is 5.82 Å². The highest BCUT2D eigenvalue weighted by molar-refractivity contribution is 7.92. The van der Waals surface area contributed by atoms with Gasteiger partial charge in [-0.25, -0.2) is 13.4 Å². The van der Waals surface area contributed by atoms with Gasteiger partial charge in [0.2, 0.25) is 0 Å². The Morgan fingerprint density at radius 1 is 1.07 bits per heavy atom. The summed E-state index contributed by atoms with van der Waals surface area (Å²) in [6.07, 6.45) is 10.2. The van der Waals surface area contributed by atoms with Gasteiger partial charge in [-0.1, -0.05) is 11.6 Å². The van der Waals surface area contributed by atoms with Gasteiger partial charge in [0.15, 0.2) is 9.84 Å². The van der Waals surface area contributed by atoms with Crippen LogP contribution in [0.15, 0.2) is 17.7 Å². The Bertz CT molecular complexity index is 853. The molecular formula is C23H34N2O2S. The van der Waals surface area contributed by atoms with Crippen molar-refractivity contribution in [3.63, 3.8) is 0 Å². The van der Waals surface area contributed by atoms with Crippen molar-refractivity contribution in [1.82, 2.24) is 4.98 Å². The van der Waals surface area contributed by atoms with E-state index in [1.807, 2.05) is 20.8 Å². The average molecular weight is 403 g/mol. The molecule has 4 rings (SSSR count). The lowest BCUT2D eigenvalue weighted by atomic mass is 9.78. The Morgan fingerprint density at radius 3 is 2.39 bits per heavy atom. The highest BCUT2D eigenvalue weighted by Crippen LogP contribution is 2.40. The molecule has 0 bridgehead atoms. The van der Waals surface area contributed by atoms with Gasteiger partial charge in [-0.2, -0.15) is 0 Å². The number of anilines is 1. The summed E-state index contributed by atoms with van der Waals surface area (Å²) in [5.41, 5.74) is 4.03. The fraction of sp³-hybridized carbons (Fsp3) is 0.696. The molecule has 0 atom stereocenters. The molecule has 0 aromatic carbocycles. The van der Waals surface area contributed by atoms with Crippen molar-refractivity contribution in [3.05, 3.63) is 29.0 Å². The summed E-state index contributed by atoms with van der Waals surface area (Å²) in [5.74, 6) is 2.40. The molecule has 28 heavy (non-hydrogen) atoms. The summed E-state index contributed by atoms with van der Waals surface area (Å²) in [4.78, 5) is 7.34. The van der Waals surface area contributed by atoms with Crippen LogP contribution in [0.4, 0.5) is 5.82 Å². The third kappa shape index (κ3) is 4.00. The number of fused-ring (bicyclic) bond motifs is 1. The van der Waals surface area contributed by atoms with E-state index in [4.69, 9.17) is 4.98 Å². The molecule has 0 radical (unpaired) electrons. The maximum Gasteiger partial charge on any atom is 0.155 e. The van der Waals surface area contributed by atoms with Crippen LogP contribution in [-0.2, 0) is 16.3 Å². The molecule has 2 heterocycles. The summed E-state index contributed by atoms with van der Waals surface area (Å²) in [5, 5.41) is 0. The van der Waals surface area contributed by atoms with Crippen LogP contribution in [0.5, 0.6) is 0 Å². The van der Waals surface area contributed by atoms with Gasteiger partial charge in [0, 0.05) is 13.1 Å². The SMILES string of the molecule is CC(C)(C)S(=O)(=O)CC1CCC(C2=Cc3nc(N4CCCC4)ccc3C2)CC1. The van der Waals surface area contributed by atoms with Crippen LogP contribution in [0.3, 0.4) is 0 Å². The van der Waals surface area contributed by atoms with Crippen molar-refractivity contribution in [3.8, 4) is 0 Å². The van der Waals surface area contributed by atoms with E-state index in [2.05, 4.69) is 23.1 Å². The molecule has 1 aromatic rings. The lowest BCUT2D eigenvalue weighted by Gasteiger charge is -2.31. The monoisotopic (exact) mass is 402 g/mol. The van der Waals surface area contributed by atoms with Crippen molar-refractivity contribution in [2.24, 2.45) is 11.8 Å². The summed E-state index contributed by atoms with van der Waals surface area (Å²) < 4.78 is 24.4. The van der Waals surface area contributed by atoms with Crippen LogP contribution in [-0.4, -0.2) is 37.0 Å². The van der Waals surface area contributed by atoms with Gasteiger partial charge in [-0.3, -0.25) is 0 Å². The lowest BCUT2D eigenvalue weighted by Crippen LogP contribution is -2.34. The minimum Gasteiger partial charge on any atom is -0.357 e. The van der Waals surface area contributed by atoms with Crippen LogP contribution in [0.2, 0.25) is 0 Å². The standard InChI is InChI=1S/C23H34N2O2S/c1-23(2,3)28(26,27)16-17-6-8-18(9-7-17)20-14-19-10-11-22(24-21(19)15-20)25-12-4-5-13-25/h10-11,15,17-18H,4-9,12-14,16H2,1-3H3. The van der Waals surface area contributed by atoms with Gasteiger partial charge < -0.3 is 4.90 Å². The molecule has 2 aliphatic carbocycles. The van der Waals surface area contributed by atoms with E-state index >= 15 is 0 Å². The predicted molar refractivity (Wildman–Crippen MR) is 116 cm³/mol. The average Bonchev–Trinajstić information content (AvgIpc) is 3.30. The smallest absolute Gasteiger partial charge is 0.155 e. The second-order valence-electron chi connectivity index (χ2n) is 9.92. The van der Waals surface area contributed by atoms with E-state index < -0.39 is 14.6 Å². The molecule has 0 unspecified atom stereocenters. The first-order chi connectivity index (χ1) is 13.2. The zero-order valence-electron chi connectivity index (χ0n) is 17.6. The van der Waals surface area contributed by atoms with Gasteiger partial charge >= 0.3 is 0 Å². The van der Waals surface area contributed by atoms with Gasteiger partial charge in [-0.15, -0.1) is 0 Å². The van der Waals surface area contributed by atoms with Crippen molar-refractivity contribution in [2.75, 3.05) is 23.7 Å². The molecule has 1 aromatic heterocycles. The Labute approximate surface area is 170 Å². The van der Waals surface area contributed by atoms with Crippen LogP contribution < -0.4 is 4.90 Å². The van der Waals surface area contributed by atoms with E-state index in [1.54, 1.807) is 0 Å². The Balaban J connectivity index is 1.38. The molecule has 1 aliphatic heterocycles. The molecule has 0 amide bonds. The number of hydrogen-bond donors (Lipinski definition) is 0. The zero-order valence-corrected chi connectivity index (χ0v) is 18.4. The molecule has 1 saturated carbocycles. The van der Waals surface area contributed by atoms with Crippen molar-refractivity contribution < 1.29 is 8.42 Å². The first-order valence-electron chi connectivity index (χ1n) is 10.9. The minimum absolute atomic E-state index is 0.324. The quantitative estimate of drug-likeness (QED) is 0.736. The minimum atomic E-state index is -3.02. The maximum atomic E-state index is 12.5. The number of rotatable bonds is 4. The summed E-state index contributed by atoms with van der Waals surface area (Å²) in [6, 6.07) is 4.45. The number of sulfone groups is 1. The lowest BCUT2D eigenvalue weighted by molar-refractivity contribution is 0.319. The van der Waals surface area contributed by atoms with Crippen LogP contribution >= 0.6 is 0 Å². The Hall–Kier alpha value is -1.36. The summed E-state index contributed by atoms with van der Waals surface area (Å²) >= 11 is 0. The van der Waals surface area contributed by atoms with Crippen molar-refractivity contribution in [1.29, 1.82) is 0 Å². The number of aromatic nitrogens is 1. The van der Waals surface area contributed by atoms with Crippen LogP contribution in [0.25, 0.3) is 6.08 Å². The summed E-state index contributed by atoms with van der Waals surface area (Å²) in [7, 11) is -3.02. The number of nitrogens with zero attached hydrogens (tertiary/aromatic N) is 2. The fourth-order valence-electron chi connectivity index (χ4n) is 4.86. The van der Waals surface area contributed by atoms with Crippen molar-refractivity contribution >= 4 is 21.7 Å². The second kappa shape index (κ2) is 7.47. The molecule has 2 fully saturated rings. The van der Waals surface area contributed by atoms with E-state index in [-0.39, 0.29) is 0 Å². The topological polar surface area (TPSA) is 50.3 Å². The highest BCUT2D eigenvalue weighted by Gasteiger charge is 2.34. The normalized spacial score (nSPS) is 25.7. The Kier molecular flexibility index (Phi) is 5.32. The number of allylic oxidation sites excluding steroid dienone is 1. The van der Waals surface area contributed by atoms with E-state index in [1.165, 1.54) is 24.0 Å². The first-order valence-corrected chi connectivity index (χ1v) is 12.6. The van der Waals surface area contributed by atoms with Crippen LogP contribution in [0.1, 0.15) is 70.6 Å². The van der Waals surface area contributed by atoms with Crippen molar-refractivity contribution in [2.45, 2.75) is 70.5 Å². The third-order valence-corrected chi connectivity index (χ3v) is 9.68. The molecule has 0 N–H and O–H groups in total. The Morgan fingerprint density at radius 2 is 1.75 bits per heavy atom. The van der Waals surface area contributed by atoms with E-state index in [0.29, 0.717) is 17.6 Å². The molecule has 1 saturated heterocycles. The third-order valence-electron chi connectivity index (χ3n) is 6.90. The molecular weight excluding hydrogens is 368 g/mol. The van der Waals surface area contributed by atoms with Gasteiger partial charge in [0.05, 0.1) is 16.2 Å². The molecule has 3 aliphatic rings. The highest BCUT2D eigenvalue weighted by atomic mass is 32.2. The number of hydrogen-bond acceptors (Lipinski definition) is 4. The second-order valence-corrected chi connectivity index (χ2v) is 12.7. The molecule has 5 heteroatoms. The molecule has 154 valence electrons.